The lowest BCUT2D eigenvalue weighted by molar-refractivity contribution is 0.869. The third kappa shape index (κ3) is 12.8. The summed E-state index contributed by atoms with van der Waals surface area (Å²) >= 11 is 0. The van der Waals surface area contributed by atoms with E-state index in [-0.39, 0.29) is 84.6 Å². The number of allylic oxidation sites excluding steroid dienone is 12. The first-order valence-electron chi connectivity index (χ1n) is 31.4. The zero-order chi connectivity index (χ0) is 70.6. The summed E-state index contributed by atoms with van der Waals surface area (Å²) in [5.74, 6) is -0.165. The van der Waals surface area contributed by atoms with Crippen molar-refractivity contribution in [3.63, 3.8) is 0 Å². The highest BCUT2D eigenvalue weighted by Crippen LogP contribution is 2.54. The van der Waals surface area contributed by atoms with E-state index < -0.39 is 0 Å². The van der Waals surface area contributed by atoms with Crippen LogP contribution >= 0.6 is 0 Å². The minimum Gasteiger partial charge on any atom is -0.192 e. The average molecular weight is 1270 g/mol. The maximum atomic E-state index is 11.1. The fourth-order valence-electron chi connectivity index (χ4n) is 12.8. The lowest BCUT2D eigenvalue weighted by atomic mass is 9.85. The fourth-order valence-corrected chi connectivity index (χ4v) is 12.8. The number of nitriles is 12. The quantitative estimate of drug-likeness (QED) is 0.0684. The summed E-state index contributed by atoms with van der Waals surface area (Å²) in [6.07, 6.45) is 0. The summed E-state index contributed by atoms with van der Waals surface area (Å²) in [6, 6.07) is 85.8. The van der Waals surface area contributed by atoms with Gasteiger partial charge in [-0.1, -0.05) is 205 Å². The molecule has 0 radical (unpaired) electrons. The average Bonchev–Trinajstić information content (AvgIpc) is 1.61. The van der Waals surface area contributed by atoms with Gasteiger partial charge < -0.3 is 0 Å². The topological polar surface area (TPSA) is 285 Å². The van der Waals surface area contributed by atoms with Crippen LogP contribution in [0, 0.1) is 136 Å². The SMILES string of the molecule is CC(C)c1cccc2c(-c3cc(-c4cc(C(=C(C#N)C#N)C(=C(C#N)C#N)c5ccccc5)c5cc(C(C)C)cccc4-5)cc(-c4cc(C(=C(C#N)C#N)C(=C(C#N)C#N)c5ccccc5)c5cc(C(C)C)cccc4-5)c3)cc(C(=C(C#N)C#N)C(=C(C#N)C#N)c3ccccc3)c-2c1. The minimum absolute atomic E-state index is 0.0427. The Hall–Kier alpha value is -14.7. The molecule has 10 rings (SSSR count). The molecule has 0 saturated heterocycles. The smallest absolute Gasteiger partial charge is 0.138 e. The van der Waals surface area contributed by atoms with E-state index in [1.807, 2.05) is 151 Å². The predicted octanol–water partition coefficient (Wildman–Crippen LogP) is 20.3. The predicted molar refractivity (Wildman–Crippen MR) is 383 cm³/mol. The molecule has 0 atom stereocenters. The fraction of sp³-hybridized carbons (Fsp3) is 0.103. The Morgan fingerprint density at radius 2 is 0.424 bits per heavy atom. The van der Waals surface area contributed by atoms with Crippen LogP contribution in [0.4, 0.5) is 0 Å². The lowest BCUT2D eigenvalue weighted by Crippen LogP contribution is -1.98. The molecule has 6 aliphatic carbocycles. The summed E-state index contributed by atoms with van der Waals surface area (Å²) in [6.45, 7) is 12.2. The number of nitrogens with zero attached hydrogens (tertiary/aromatic N) is 12. The molecule has 99 heavy (non-hydrogen) atoms. The largest absolute Gasteiger partial charge is 0.192 e. The highest BCUT2D eigenvalue weighted by Gasteiger charge is 2.33. The highest BCUT2D eigenvalue weighted by atomic mass is 14.4. The van der Waals surface area contributed by atoms with E-state index in [9.17, 15) is 63.1 Å². The van der Waals surface area contributed by atoms with Gasteiger partial charge in [0.25, 0.3) is 0 Å². The van der Waals surface area contributed by atoms with Gasteiger partial charge in [-0.2, -0.15) is 63.1 Å². The molecular weight excluding hydrogens is 1210 g/mol. The van der Waals surface area contributed by atoms with Gasteiger partial charge in [0.1, 0.15) is 106 Å². The Morgan fingerprint density at radius 1 is 0.212 bits per heavy atom. The van der Waals surface area contributed by atoms with Gasteiger partial charge in [0, 0.05) is 33.4 Å². The van der Waals surface area contributed by atoms with Gasteiger partial charge in [-0.15, -0.1) is 0 Å². The molecule has 0 unspecified atom stereocenters. The lowest BCUT2D eigenvalue weighted by Gasteiger charge is -2.15. The van der Waals surface area contributed by atoms with Gasteiger partial charge >= 0.3 is 0 Å². The number of rotatable bonds is 15. The van der Waals surface area contributed by atoms with Crippen molar-refractivity contribution in [2.75, 3.05) is 0 Å². The van der Waals surface area contributed by atoms with E-state index in [4.69, 9.17) is 0 Å². The van der Waals surface area contributed by atoms with Gasteiger partial charge in [0.2, 0.25) is 0 Å². The second-order valence-corrected chi connectivity index (χ2v) is 24.1. The number of fused-ring (bicyclic) bond motifs is 3. The molecule has 462 valence electrons. The summed E-state index contributed by atoms with van der Waals surface area (Å²) in [5, 5.41) is 131. The molecule has 0 spiro atoms. The molecule has 4 aromatic rings. The standard InChI is InChI=1S/C87H54N12/c1-52(2)58-25-16-28-70-73(37-79(76(70)34-58)85(67(46-94)47-95)82(64(40-88)41-89)55-19-10-7-11-20-55)61-31-62(74-38-80(77-35-59(53(3)4)26-17-29-71(74)77)86(68(48-96)49-97)83(65(42-90)43-91)56-21-12-8-13-22-56)33-63(32-61)75-39-81(78-36-60(54(5)6)27-18-30-72(75)78)87(69(50-98)51-99)84(66(44-92)45-93)57-23-14-9-15-24-57/h7-39,52-54H,1-6H3. The van der Waals surface area contributed by atoms with E-state index in [1.54, 1.807) is 91.0 Å². The van der Waals surface area contributed by atoms with E-state index in [0.29, 0.717) is 100 Å². The van der Waals surface area contributed by atoms with Crippen LogP contribution in [0.25, 0.3) is 100 Å². The van der Waals surface area contributed by atoms with Crippen molar-refractivity contribution in [3.05, 3.63) is 284 Å². The van der Waals surface area contributed by atoms with E-state index in [0.717, 1.165) is 16.7 Å². The molecule has 0 amide bonds. The van der Waals surface area contributed by atoms with Crippen LogP contribution in [-0.4, -0.2) is 0 Å². The van der Waals surface area contributed by atoms with Crippen molar-refractivity contribution in [2.24, 2.45) is 0 Å². The minimum atomic E-state index is -0.369. The summed E-state index contributed by atoms with van der Waals surface area (Å²) < 4.78 is 0. The second-order valence-electron chi connectivity index (χ2n) is 24.1. The Bertz CT molecular complexity index is 4980. The molecule has 0 heterocycles. The molecule has 0 aromatic heterocycles. The second kappa shape index (κ2) is 29.5. The van der Waals surface area contributed by atoms with Crippen molar-refractivity contribution >= 4 is 33.4 Å². The molecule has 0 bridgehead atoms. The third-order valence-corrected chi connectivity index (χ3v) is 17.5. The maximum absolute atomic E-state index is 11.1. The van der Waals surface area contributed by atoms with Gasteiger partial charge in [-0.25, -0.2) is 0 Å². The van der Waals surface area contributed by atoms with Crippen molar-refractivity contribution in [3.8, 4) is 140 Å². The Labute approximate surface area is 575 Å². The first-order valence-corrected chi connectivity index (χ1v) is 31.4. The van der Waals surface area contributed by atoms with Crippen molar-refractivity contribution in [2.45, 2.75) is 59.3 Å². The molecule has 4 aromatic carbocycles. The first-order chi connectivity index (χ1) is 48.1. The van der Waals surface area contributed by atoms with Gasteiger partial charge in [-0.3, -0.25) is 0 Å². The Morgan fingerprint density at radius 3 is 0.626 bits per heavy atom. The Balaban J connectivity index is 1.45. The van der Waals surface area contributed by atoms with Crippen LogP contribution in [0.5, 0.6) is 0 Å². The number of benzene rings is 4. The molecule has 0 saturated carbocycles. The van der Waals surface area contributed by atoms with E-state index in [1.165, 1.54) is 0 Å². The van der Waals surface area contributed by atoms with Crippen LogP contribution in [0.1, 0.15) is 109 Å². The maximum Gasteiger partial charge on any atom is 0.138 e. The molecule has 6 aliphatic rings. The monoisotopic (exact) mass is 1270 g/mol. The first kappa shape index (κ1) is 67.2. The number of hydrogen-bond donors (Lipinski definition) is 0. The highest BCUT2D eigenvalue weighted by molar-refractivity contribution is 6.19. The molecule has 12 heteroatoms. The van der Waals surface area contributed by atoms with Crippen LogP contribution < -0.4 is 0 Å². The molecule has 0 N–H and O–H groups in total. The van der Waals surface area contributed by atoms with Crippen molar-refractivity contribution in [1.82, 2.24) is 0 Å². The van der Waals surface area contributed by atoms with Crippen LogP contribution in [0.15, 0.2) is 234 Å². The van der Waals surface area contributed by atoms with E-state index >= 15 is 0 Å². The van der Waals surface area contributed by atoms with Gasteiger partial charge in [0.15, 0.2) is 0 Å². The summed E-state index contributed by atoms with van der Waals surface area (Å²) in [4.78, 5) is 0. The number of hydrogen-bond acceptors (Lipinski definition) is 12. The van der Waals surface area contributed by atoms with E-state index in [2.05, 4.69) is 72.8 Å². The van der Waals surface area contributed by atoms with Gasteiger partial charge in [-0.05, 0) is 171 Å². The summed E-state index contributed by atoms with van der Waals surface area (Å²) in [7, 11) is 0. The van der Waals surface area contributed by atoms with Gasteiger partial charge in [0.05, 0.1) is 0 Å². The zero-order valence-electron chi connectivity index (χ0n) is 54.7. The molecular formula is C87H54N12. The van der Waals surface area contributed by atoms with Crippen LogP contribution in [0.2, 0.25) is 0 Å². The normalized spacial score (nSPS) is 10.3. The third-order valence-electron chi connectivity index (χ3n) is 17.5. The zero-order valence-corrected chi connectivity index (χ0v) is 54.7. The molecule has 0 aliphatic heterocycles. The van der Waals surface area contributed by atoms with Crippen molar-refractivity contribution < 1.29 is 0 Å². The van der Waals surface area contributed by atoms with Crippen LogP contribution in [-0.2, 0) is 0 Å². The van der Waals surface area contributed by atoms with Crippen molar-refractivity contribution in [1.29, 1.82) is 63.1 Å². The molecule has 12 nitrogen and oxygen atoms in total. The Kier molecular flexibility index (Phi) is 20.0. The summed E-state index contributed by atoms with van der Waals surface area (Å²) in [5.41, 5.74) is 10.0. The molecule has 0 fully saturated rings. The van der Waals surface area contributed by atoms with Crippen LogP contribution in [0.3, 0.4) is 0 Å².